The maximum Gasteiger partial charge on any atom is 0.331 e. The summed E-state index contributed by atoms with van der Waals surface area (Å²) >= 11 is 0. The van der Waals surface area contributed by atoms with Gasteiger partial charge < -0.3 is 47.4 Å². The van der Waals surface area contributed by atoms with E-state index in [-0.39, 0.29) is 24.8 Å². The van der Waals surface area contributed by atoms with E-state index >= 15 is 0 Å². The second-order valence-corrected chi connectivity index (χ2v) is 15.6. The number of aliphatic hydroxyl groups is 1. The summed E-state index contributed by atoms with van der Waals surface area (Å²) in [5.74, 6) is -6.37. The Labute approximate surface area is 286 Å². The molecule has 7 aliphatic rings. The number of methoxy groups -OCH3 is 1. The number of fused-ring (bicyclic) bond motifs is 4. The van der Waals surface area contributed by atoms with Gasteiger partial charge in [0, 0.05) is 63.0 Å². The van der Waals surface area contributed by atoms with Gasteiger partial charge in [0.15, 0.2) is 11.7 Å². The van der Waals surface area contributed by atoms with Gasteiger partial charge in [-0.05, 0) is 30.9 Å². The molecule has 1 spiro atoms. The molecular formula is C35H40O15. The van der Waals surface area contributed by atoms with Crippen LogP contribution < -0.4 is 0 Å². The Morgan fingerprint density at radius 1 is 1.00 bits per heavy atom. The molecule has 6 fully saturated rings. The zero-order chi connectivity index (χ0) is 36.2. The molecule has 1 aromatic heterocycles. The highest BCUT2D eigenvalue weighted by molar-refractivity contribution is 5.86. The molecular weight excluding hydrogens is 660 g/mol. The molecule has 0 aromatic carbocycles. The molecule has 50 heavy (non-hydrogen) atoms. The van der Waals surface area contributed by atoms with Crippen LogP contribution in [-0.2, 0) is 61.9 Å². The number of carbonyl (C=O) groups is 5. The van der Waals surface area contributed by atoms with Gasteiger partial charge in [0.05, 0.1) is 25.1 Å². The van der Waals surface area contributed by atoms with Gasteiger partial charge in [-0.25, -0.2) is 4.79 Å². The third kappa shape index (κ3) is 3.30. The SMILES string of the molecule is COC(=O)C[C@@H]1[C@@]2(C)C[C@@]3(O)[C@@](OC(C)=O)([C@@H]2OC(C)=O)[C@@H]2O[C@]4(C)O[C@]5(C[C@@H](OC(C)=O)[C@@]6(C)C(=CC(=O)O[C@H]6c6ccoc6)[C@]25O4)[C@@]13C. The van der Waals surface area contributed by atoms with Crippen LogP contribution in [-0.4, -0.2) is 88.8 Å². The molecule has 8 rings (SSSR count). The van der Waals surface area contributed by atoms with E-state index in [1.807, 2.05) is 0 Å². The van der Waals surface area contributed by atoms with E-state index < -0.39 is 105 Å². The molecule has 0 amide bonds. The minimum atomic E-state index is -2.17. The predicted octanol–water partition coefficient (Wildman–Crippen LogP) is 2.33. The number of cyclic esters (lactones) is 1. The Kier molecular flexibility index (Phi) is 6.37. The molecule has 4 saturated carbocycles. The summed E-state index contributed by atoms with van der Waals surface area (Å²) in [7, 11) is 1.24. The number of esters is 5. The Morgan fingerprint density at radius 2 is 1.70 bits per heavy atom. The molecule has 13 atom stereocenters. The van der Waals surface area contributed by atoms with Crippen molar-refractivity contribution >= 4 is 29.8 Å². The molecule has 3 aliphatic heterocycles. The predicted molar refractivity (Wildman–Crippen MR) is 161 cm³/mol. The van der Waals surface area contributed by atoms with Crippen molar-refractivity contribution in [2.24, 2.45) is 22.2 Å². The fourth-order valence-corrected chi connectivity index (χ4v) is 12.1. The Morgan fingerprint density at radius 3 is 2.30 bits per heavy atom. The second-order valence-electron chi connectivity index (χ2n) is 15.6. The van der Waals surface area contributed by atoms with Crippen molar-refractivity contribution in [2.45, 2.75) is 121 Å². The van der Waals surface area contributed by atoms with Gasteiger partial charge in [-0.3, -0.25) is 19.2 Å². The summed E-state index contributed by atoms with van der Waals surface area (Å²) in [5.41, 5.74) is -11.6. The van der Waals surface area contributed by atoms with Crippen molar-refractivity contribution in [3.05, 3.63) is 35.8 Å². The largest absolute Gasteiger partial charge is 0.472 e. The van der Waals surface area contributed by atoms with Crippen LogP contribution in [0.25, 0.3) is 0 Å². The van der Waals surface area contributed by atoms with Crippen LogP contribution in [0, 0.1) is 22.2 Å². The molecule has 15 heteroatoms. The summed E-state index contributed by atoms with van der Waals surface area (Å²) in [5, 5.41) is 13.6. The number of ether oxygens (including phenoxy) is 8. The van der Waals surface area contributed by atoms with Gasteiger partial charge in [0.25, 0.3) is 5.97 Å². The second kappa shape index (κ2) is 9.55. The van der Waals surface area contributed by atoms with Gasteiger partial charge in [-0.15, -0.1) is 0 Å². The van der Waals surface area contributed by atoms with Crippen LogP contribution in [0.15, 0.2) is 34.7 Å². The molecule has 0 radical (unpaired) electrons. The van der Waals surface area contributed by atoms with Crippen LogP contribution in [0.5, 0.6) is 0 Å². The molecule has 4 heterocycles. The number of rotatable bonds is 6. The first-order valence-corrected chi connectivity index (χ1v) is 16.6. The molecule has 1 N–H and O–H groups in total. The highest BCUT2D eigenvalue weighted by Gasteiger charge is 3.03. The first-order valence-electron chi connectivity index (χ1n) is 16.6. The maximum absolute atomic E-state index is 13.7. The van der Waals surface area contributed by atoms with E-state index in [1.165, 1.54) is 53.4 Å². The summed E-state index contributed by atoms with van der Waals surface area (Å²) in [6.45, 7) is 10.4. The van der Waals surface area contributed by atoms with E-state index in [2.05, 4.69) is 0 Å². The van der Waals surface area contributed by atoms with E-state index in [0.29, 0.717) is 5.56 Å². The fraction of sp³-hybridized carbons (Fsp3) is 0.686. The normalized spacial score (nSPS) is 50.1. The Balaban J connectivity index is 1.50. The van der Waals surface area contributed by atoms with Crippen molar-refractivity contribution in [1.29, 1.82) is 0 Å². The van der Waals surface area contributed by atoms with Gasteiger partial charge in [0.2, 0.25) is 5.60 Å². The zero-order valence-electron chi connectivity index (χ0n) is 29.0. The van der Waals surface area contributed by atoms with E-state index in [0.717, 1.165) is 0 Å². The molecule has 15 nitrogen and oxygen atoms in total. The third-order valence-corrected chi connectivity index (χ3v) is 13.4. The summed E-state index contributed by atoms with van der Waals surface area (Å²) in [6, 6.07) is 1.62. The topological polar surface area (TPSA) is 193 Å². The summed E-state index contributed by atoms with van der Waals surface area (Å²) in [6.07, 6.45) is -1.52. The minimum Gasteiger partial charge on any atom is -0.472 e. The Hall–Kier alpha value is -3.79. The molecule has 1 aromatic rings. The summed E-state index contributed by atoms with van der Waals surface area (Å²) in [4.78, 5) is 66.3. The van der Waals surface area contributed by atoms with Crippen LogP contribution in [0.2, 0.25) is 0 Å². The lowest BCUT2D eigenvalue weighted by molar-refractivity contribution is -0.446. The smallest absolute Gasteiger partial charge is 0.331 e. The number of hydrogen-bond donors (Lipinski definition) is 1. The van der Waals surface area contributed by atoms with E-state index in [9.17, 15) is 29.1 Å². The fourth-order valence-electron chi connectivity index (χ4n) is 12.1. The van der Waals surface area contributed by atoms with Gasteiger partial charge in [-0.1, -0.05) is 13.8 Å². The first-order chi connectivity index (χ1) is 23.3. The lowest BCUT2D eigenvalue weighted by Crippen LogP contribution is -2.93. The van der Waals surface area contributed by atoms with Crippen molar-refractivity contribution < 1.29 is 71.4 Å². The monoisotopic (exact) mass is 700 g/mol. The van der Waals surface area contributed by atoms with Crippen molar-refractivity contribution in [1.82, 2.24) is 0 Å². The van der Waals surface area contributed by atoms with Crippen LogP contribution in [0.3, 0.4) is 0 Å². The van der Waals surface area contributed by atoms with E-state index in [1.54, 1.807) is 26.8 Å². The molecule has 2 saturated heterocycles. The van der Waals surface area contributed by atoms with Crippen molar-refractivity contribution in [2.75, 3.05) is 7.11 Å². The molecule has 0 unspecified atom stereocenters. The Bertz CT molecular complexity index is 1790. The third-order valence-electron chi connectivity index (χ3n) is 13.4. The average Bonchev–Trinajstić information content (AvgIpc) is 3.78. The van der Waals surface area contributed by atoms with Crippen LogP contribution >= 0.6 is 0 Å². The molecule has 4 aliphatic carbocycles. The average molecular weight is 701 g/mol. The lowest BCUT2D eigenvalue weighted by atomic mass is 9.34. The standard InChI is InChI=1S/C35H40O15/c1-16(36)44-22-13-33-30(6)20(11-23(39)42-8)28(4)15-32(30,41)35(47-18(3)38,26(28)45-17(2)37)27-34(33,50-31(7,48-27)49-33)21-12-24(40)46-25(29(21,22)5)19-9-10-43-14-19/h9-10,12,14,20,22,25-27,41H,11,13,15H2,1-8H3/t20-,22-,25+,26-,27-,28-,29-,30+,31-,32+,33-,34+,35-/m1/s1. The van der Waals surface area contributed by atoms with Gasteiger partial charge in [0.1, 0.15) is 29.5 Å². The number of carbonyl (C=O) groups excluding carboxylic acids is 5. The van der Waals surface area contributed by atoms with Gasteiger partial charge in [-0.2, -0.15) is 0 Å². The van der Waals surface area contributed by atoms with Crippen LogP contribution in [0.4, 0.5) is 0 Å². The molecule has 270 valence electrons. The summed E-state index contributed by atoms with van der Waals surface area (Å²) < 4.78 is 55.7. The quantitative estimate of drug-likeness (QED) is 0.336. The highest BCUT2D eigenvalue weighted by Crippen LogP contribution is 2.88. The number of hydrogen-bond acceptors (Lipinski definition) is 15. The first kappa shape index (κ1) is 33.4. The minimum absolute atomic E-state index is 0.130. The molecule has 4 bridgehead atoms. The van der Waals surface area contributed by atoms with E-state index in [4.69, 9.17) is 42.3 Å². The van der Waals surface area contributed by atoms with Crippen LogP contribution in [0.1, 0.15) is 79.4 Å². The lowest BCUT2D eigenvalue weighted by Gasteiger charge is -2.76. The van der Waals surface area contributed by atoms with Crippen molar-refractivity contribution in [3.8, 4) is 0 Å². The maximum atomic E-state index is 13.7. The highest BCUT2D eigenvalue weighted by atomic mass is 17.0. The zero-order valence-corrected chi connectivity index (χ0v) is 29.0. The number of furan rings is 1. The van der Waals surface area contributed by atoms with Gasteiger partial charge >= 0.3 is 29.8 Å². The van der Waals surface area contributed by atoms with Crippen molar-refractivity contribution in [3.63, 3.8) is 0 Å².